The molecular weight excluding hydrogens is 1010 g/mol. The number of phosphoric ester groups is 1. The Hall–Kier alpha value is -2.81. The molecule has 0 saturated carbocycles. The van der Waals surface area contributed by atoms with E-state index in [0.717, 1.165) is 89.9 Å². The third-order valence-corrected chi connectivity index (χ3v) is 15.6. The first-order valence-corrected chi connectivity index (χ1v) is 34.9. The van der Waals surface area contributed by atoms with Crippen LogP contribution in [0.4, 0.5) is 0 Å². The first kappa shape index (κ1) is 77.2. The molecule has 0 radical (unpaired) electrons. The molecule has 3 unspecified atom stereocenters. The highest BCUT2D eigenvalue weighted by Crippen LogP contribution is 2.43. The summed E-state index contributed by atoms with van der Waals surface area (Å²) in [6.45, 7) is 6.86. The molecule has 0 rings (SSSR count). The lowest BCUT2D eigenvalue weighted by Gasteiger charge is -2.27. The van der Waals surface area contributed by atoms with E-state index < -0.39 is 20.0 Å². The van der Waals surface area contributed by atoms with E-state index in [0.29, 0.717) is 17.4 Å². The molecule has 0 aliphatic rings. The zero-order chi connectivity index (χ0) is 58.6. The quantitative estimate of drug-likeness (QED) is 0.0156. The zero-order valence-corrected chi connectivity index (χ0v) is 54.0. The number of esters is 1. The summed E-state index contributed by atoms with van der Waals surface area (Å²) in [5.41, 5.74) is 0. The van der Waals surface area contributed by atoms with Crippen LogP contribution in [0.1, 0.15) is 297 Å². The van der Waals surface area contributed by atoms with Gasteiger partial charge in [-0.3, -0.25) is 18.6 Å². The van der Waals surface area contributed by atoms with E-state index in [9.17, 15) is 19.0 Å². The average Bonchev–Trinajstić information content (AvgIpc) is 3.43. The minimum atomic E-state index is -4.46. The number of hydrogen-bond acceptors (Lipinski definition) is 6. The number of ether oxygens (including phenoxy) is 1. The van der Waals surface area contributed by atoms with Crippen molar-refractivity contribution in [3.8, 4) is 0 Å². The third kappa shape index (κ3) is 59.8. The normalized spacial score (nSPS) is 14.1. The minimum Gasteiger partial charge on any atom is -0.456 e. The van der Waals surface area contributed by atoms with Gasteiger partial charge in [0.1, 0.15) is 19.3 Å². The molecule has 0 heterocycles. The van der Waals surface area contributed by atoms with Crippen LogP contribution >= 0.6 is 7.82 Å². The molecule has 0 aromatic carbocycles. The molecule has 0 aromatic rings. The average molecular weight is 1140 g/mol. The van der Waals surface area contributed by atoms with Crippen molar-refractivity contribution in [1.29, 1.82) is 0 Å². The molecule has 2 N–H and O–H groups in total. The number of carbonyl (C=O) groups excluding carboxylic acids is 2. The second kappa shape index (κ2) is 59.4. The SMILES string of the molecule is CC/C=C/C=C/C=C/CCCCCCCCCC(=O)OC(/C=C\CCCCCCCCCCCC)C(COP(=O)(O)OCC[N+](C)(C)C)NC(=O)CCCCCCCCCCCCCCCC/C=C\C/C=C\C/C=C\CCCCC. The Morgan fingerprint density at radius 3 is 1.32 bits per heavy atom. The van der Waals surface area contributed by atoms with Gasteiger partial charge in [-0.2, -0.15) is 0 Å². The summed E-state index contributed by atoms with van der Waals surface area (Å²) in [6, 6.07) is -0.857. The molecule has 9 nitrogen and oxygen atoms in total. The fourth-order valence-corrected chi connectivity index (χ4v) is 10.2. The fourth-order valence-electron chi connectivity index (χ4n) is 9.48. The van der Waals surface area contributed by atoms with Gasteiger partial charge < -0.3 is 19.4 Å². The molecule has 0 bridgehead atoms. The van der Waals surface area contributed by atoms with E-state index >= 15 is 0 Å². The predicted molar refractivity (Wildman–Crippen MR) is 346 cm³/mol. The minimum absolute atomic E-state index is 0.0356. The van der Waals surface area contributed by atoms with E-state index in [4.69, 9.17) is 13.8 Å². The van der Waals surface area contributed by atoms with Crippen LogP contribution < -0.4 is 5.32 Å². The lowest BCUT2D eigenvalue weighted by molar-refractivity contribution is -0.870. The molecule has 80 heavy (non-hydrogen) atoms. The molecule has 1 amide bonds. The van der Waals surface area contributed by atoms with Crippen LogP contribution in [0.3, 0.4) is 0 Å². The summed E-state index contributed by atoms with van der Waals surface area (Å²) in [6.07, 6.45) is 78.8. The Kier molecular flexibility index (Phi) is 57.3. The fraction of sp³-hybridized carbons (Fsp3) is 0.771. The van der Waals surface area contributed by atoms with Gasteiger partial charge in [-0.1, -0.05) is 280 Å². The number of rotatable bonds is 60. The molecule has 0 aliphatic carbocycles. The highest BCUT2D eigenvalue weighted by molar-refractivity contribution is 7.47. The number of hydrogen-bond donors (Lipinski definition) is 2. The largest absolute Gasteiger partial charge is 0.472 e. The monoisotopic (exact) mass is 1140 g/mol. The Labute approximate surface area is 495 Å². The summed E-state index contributed by atoms with van der Waals surface area (Å²) in [5, 5.41) is 3.06. The number of quaternary nitrogens is 1. The number of nitrogens with one attached hydrogen (secondary N) is 1. The van der Waals surface area contributed by atoms with Gasteiger partial charge in [0, 0.05) is 12.8 Å². The van der Waals surface area contributed by atoms with E-state index in [1.807, 2.05) is 33.3 Å². The van der Waals surface area contributed by atoms with Gasteiger partial charge in [0.05, 0.1) is 33.8 Å². The Bertz CT molecular complexity index is 1640. The van der Waals surface area contributed by atoms with Crippen molar-refractivity contribution in [1.82, 2.24) is 5.32 Å². The number of unbranched alkanes of at least 4 members (excludes halogenated alkanes) is 34. The van der Waals surface area contributed by atoms with Gasteiger partial charge in [0.25, 0.3) is 0 Å². The second-order valence-electron chi connectivity index (χ2n) is 23.7. The number of nitrogens with zero attached hydrogens (tertiary/aromatic N) is 1. The van der Waals surface area contributed by atoms with Crippen LogP contribution in [0.15, 0.2) is 85.1 Å². The van der Waals surface area contributed by atoms with Crippen LogP contribution in [0.2, 0.25) is 0 Å². The number of likely N-dealkylation sites (N-methyl/N-ethyl adjacent to an activating group) is 1. The van der Waals surface area contributed by atoms with Crippen molar-refractivity contribution in [3.05, 3.63) is 85.1 Å². The summed E-state index contributed by atoms with van der Waals surface area (Å²) < 4.78 is 30.7. The predicted octanol–water partition coefficient (Wildman–Crippen LogP) is 21.0. The van der Waals surface area contributed by atoms with Crippen molar-refractivity contribution in [2.24, 2.45) is 0 Å². The van der Waals surface area contributed by atoms with Gasteiger partial charge in [-0.25, -0.2) is 4.57 Å². The highest BCUT2D eigenvalue weighted by Gasteiger charge is 2.30. The van der Waals surface area contributed by atoms with Crippen molar-refractivity contribution in [3.63, 3.8) is 0 Å². The van der Waals surface area contributed by atoms with Crippen molar-refractivity contribution in [2.75, 3.05) is 40.9 Å². The van der Waals surface area contributed by atoms with Crippen molar-refractivity contribution in [2.45, 2.75) is 309 Å². The topological polar surface area (TPSA) is 111 Å². The highest BCUT2D eigenvalue weighted by atomic mass is 31.2. The molecule has 464 valence electrons. The molecule has 0 fully saturated rings. The zero-order valence-electron chi connectivity index (χ0n) is 53.1. The summed E-state index contributed by atoms with van der Waals surface area (Å²) >= 11 is 0. The van der Waals surface area contributed by atoms with E-state index in [1.54, 1.807) is 0 Å². The van der Waals surface area contributed by atoms with Gasteiger partial charge in [0.2, 0.25) is 5.91 Å². The van der Waals surface area contributed by atoms with Gasteiger partial charge in [-0.15, -0.1) is 0 Å². The molecule has 0 aromatic heterocycles. The lowest BCUT2D eigenvalue weighted by atomic mass is 10.0. The molecule has 10 heteroatoms. The maximum Gasteiger partial charge on any atom is 0.472 e. The smallest absolute Gasteiger partial charge is 0.456 e. The summed E-state index contributed by atoms with van der Waals surface area (Å²) in [4.78, 5) is 37.8. The maximum absolute atomic E-state index is 13.6. The Balaban J connectivity index is 5.05. The Morgan fingerprint density at radius 1 is 0.463 bits per heavy atom. The number of allylic oxidation sites excluding steroid dienone is 13. The van der Waals surface area contributed by atoms with Crippen molar-refractivity contribution >= 4 is 19.7 Å². The van der Waals surface area contributed by atoms with Crippen LogP contribution in [-0.2, 0) is 27.9 Å². The van der Waals surface area contributed by atoms with Crippen LogP contribution in [-0.4, -0.2) is 74.3 Å². The molecule has 0 saturated heterocycles. The van der Waals surface area contributed by atoms with Gasteiger partial charge >= 0.3 is 13.8 Å². The standard InChI is InChI=1S/C70H127N2O7P/c1-7-10-13-16-19-22-25-28-30-31-32-33-34-35-36-37-38-39-40-41-43-44-47-50-53-56-59-62-69(73)71-67(66-78-80(75,76)77-65-64-72(4,5)6)68(61-58-55-52-49-46-27-24-21-18-15-12-9-3)79-70(74)63-60-57-54-51-48-45-42-29-26-23-20-17-14-11-8-2/h11,14,17,19-20,22-23,26,28,30,32-33,58,61,67-68H,7-10,12-13,15-16,18,21,24-25,27,29,31,34-57,59-60,62-66H2,1-6H3,(H-,71,73,75,76)/p+1/b14-11+,20-17+,22-19-,26-23+,30-28-,33-32-,61-58-. The van der Waals surface area contributed by atoms with Crippen LogP contribution in [0, 0.1) is 0 Å². The molecular formula is C70H128N2O7P+. The van der Waals surface area contributed by atoms with Crippen molar-refractivity contribution < 1.29 is 37.3 Å². The van der Waals surface area contributed by atoms with E-state index in [2.05, 4.69) is 99.0 Å². The summed E-state index contributed by atoms with van der Waals surface area (Å²) in [5.74, 6) is -0.516. The van der Waals surface area contributed by atoms with Gasteiger partial charge in [-0.05, 0) is 89.5 Å². The first-order valence-electron chi connectivity index (χ1n) is 33.4. The van der Waals surface area contributed by atoms with E-state index in [1.165, 1.54) is 173 Å². The number of amides is 1. The Morgan fingerprint density at radius 2 is 0.850 bits per heavy atom. The van der Waals surface area contributed by atoms with Gasteiger partial charge in [0.15, 0.2) is 0 Å². The third-order valence-electron chi connectivity index (χ3n) is 14.6. The lowest BCUT2D eigenvalue weighted by Crippen LogP contribution is -2.47. The second-order valence-corrected chi connectivity index (χ2v) is 25.1. The summed E-state index contributed by atoms with van der Waals surface area (Å²) in [7, 11) is 1.49. The van der Waals surface area contributed by atoms with E-state index in [-0.39, 0.29) is 31.5 Å². The molecule has 3 atom stereocenters. The maximum atomic E-state index is 13.6. The molecule has 0 spiro atoms. The van der Waals surface area contributed by atoms with Crippen LogP contribution in [0.5, 0.6) is 0 Å². The molecule has 0 aliphatic heterocycles. The first-order chi connectivity index (χ1) is 38.9. The number of carbonyl (C=O) groups is 2. The van der Waals surface area contributed by atoms with Crippen LogP contribution in [0.25, 0.3) is 0 Å². The number of phosphoric acid groups is 1.